The van der Waals surface area contributed by atoms with Gasteiger partial charge in [0.1, 0.15) is 5.75 Å². The monoisotopic (exact) mass is 253 g/mol. The Morgan fingerprint density at radius 3 is 2.72 bits per heavy atom. The molecule has 1 rings (SSSR count). The Morgan fingerprint density at radius 2 is 2.11 bits per heavy atom. The Balaban J connectivity index is 2.53. The Morgan fingerprint density at radius 1 is 1.39 bits per heavy atom. The molecule has 0 fully saturated rings. The van der Waals surface area contributed by atoms with Crippen molar-refractivity contribution in [3.8, 4) is 5.75 Å². The van der Waals surface area contributed by atoms with Gasteiger partial charge in [-0.15, -0.1) is 0 Å². The number of carboxylic acid groups (broad SMARTS) is 1. The van der Waals surface area contributed by atoms with Gasteiger partial charge in [-0.1, -0.05) is 0 Å². The molecule has 8 nitrogen and oxygen atoms in total. The number of ether oxygens (including phenoxy) is 1. The normalized spacial score (nSPS) is 9.39. The lowest BCUT2D eigenvalue weighted by Gasteiger charge is -2.06. The number of carbonyl (C=O) groups excluding carboxylic acids is 2. The average molecular weight is 253 g/mol. The summed E-state index contributed by atoms with van der Waals surface area (Å²) >= 11 is 0. The predicted octanol–water partition coefficient (Wildman–Crippen LogP) is -0.386. The summed E-state index contributed by atoms with van der Waals surface area (Å²) in [4.78, 5) is 36.3. The molecule has 0 aliphatic heterocycles. The first kappa shape index (κ1) is 13.4. The second-order valence-electron chi connectivity index (χ2n) is 3.13. The summed E-state index contributed by atoms with van der Waals surface area (Å²) in [6.45, 7) is -0.418. The minimum atomic E-state index is -1.15. The zero-order chi connectivity index (χ0) is 13.5. The van der Waals surface area contributed by atoms with Crippen molar-refractivity contribution in [2.24, 2.45) is 0 Å². The van der Waals surface area contributed by atoms with Crippen LogP contribution in [0.3, 0.4) is 0 Å². The Bertz CT molecular complexity index is 474. The van der Waals surface area contributed by atoms with Crippen molar-refractivity contribution in [3.05, 3.63) is 24.0 Å². The third-order valence-corrected chi connectivity index (χ3v) is 1.81. The van der Waals surface area contributed by atoms with Gasteiger partial charge in [-0.3, -0.25) is 15.1 Å². The number of amides is 3. The van der Waals surface area contributed by atoms with Crippen LogP contribution in [-0.2, 0) is 4.79 Å². The van der Waals surface area contributed by atoms with Gasteiger partial charge in [-0.25, -0.2) is 9.59 Å². The van der Waals surface area contributed by atoms with Crippen molar-refractivity contribution < 1.29 is 24.2 Å². The SMILES string of the molecule is CNC(=O)NC(=O)COc1cncc(C(=O)O)c1. The van der Waals surface area contributed by atoms with Gasteiger partial charge in [0.15, 0.2) is 6.61 Å². The number of hydrogen-bond acceptors (Lipinski definition) is 5. The molecule has 3 N–H and O–H groups in total. The fourth-order valence-electron chi connectivity index (χ4n) is 0.989. The first-order valence-electron chi connectivity index (χ1n) is 4.85. The summed E-state index contributed by atoms with van der Waals surface area (Å²) < 4.78 is 4.99. The highest BCUT2D eigenvalue weighted by molar-refractivity contribution is 5.94. The van der Waals surface area contributed by atoms with Crippen LogP contribution in [0.5, 0.6) is 5.75 Å². The molecule has 1 heterocycles. The number of aromatic nitrogens is 1. The number of rotatable bonds is 4. The molecule has 0 aromatic carbocycles. The van der Waals surface area contributed by atoms with Crippen LogP contribution in [0.15, 0.2) is 18.5 Å². The van der Waals surface area contributed by atoms with E-state index in [1.54, 1.807) is 0 Å². The predicted molar refractivity (Wildman–Crippen MR) is 59.3 cm³/mol. The van der Waals surface area contributed by atoms with Gasteiger partial charge in [0.25, 0.3) is 5.91 Å². The molecule has 0 atom stereocenters. The Kier molecular flexibility index (Phi) is 4.61. The van der Waals surface area contributed by atoms with Crippen molar-refractivity contribution in [2.45, 2.75) is 0 Å². The van der Waals surface area contributed by atoms with Gasteiger partial charge >= 0.3 is 12.0 Å². The molecule has 96 valence electrons. The summed E-state index contributed by atoms with van der Waals surface area (Å²) in [6, 6.07) is 0.573. The van der Waals surface area contributed by atoms with Crippen LogP contribution in [-0.4, -0.2) is 41.7 Å². The molecule has 0 saturated heterocycles. The van der Waals surface area contributed by atoms with Crippen molar-refractivity contribution in [1.82, 2.24) is 15.6 Å². The van der Waals surface area contributed by atoms with Gasteiger partial charge in [0.2, 0.25) is 0 Å². The van der Waals surface area contributed by atoms with E-state index in [4.69, 9.17) is 9.84 Å². The van der Waals surface area contributed by atoms with E-state index in [9.17, 15) is 14.4 Å². The zero-order valence-corrected chi connectivity index (χ0v) is 9.47. The molecule has 1 aromatic heterocycles. The molecule has 0 unspecified atom stereocenters. The molecule has 8 heteroatoms. The number of pyridine rings is 1. The number of aromatic carboxylic acids is 1. The minimum Gasteiger partial charge on any atom is -0.482 e. The summed E-state index contributed by atoms with van der Waals surface area (Å²) in [7, 11) is 1.36. The Labute approximate surface area is 102 Å². The van der Waals surface area contributed by atoms with Crippen LogP contribution in [0.25, 0.3) is 0 Å². The maximum absolute atomic E-state index is 11.2. The minimum absolute atomic E-state index is 0.0563. The van der Waals surface area contributed by atoms with E-state index in [0.717, 1.165) is 6.20 Å². The molecule has 0 saturated carbocycles. The number of hydrogen-bond donors (Lipinski definition) is 3. The lowest BCUT2D eigenvalue weighted by molar-refractivity contribution is -0.122. The van der Waals surface area contributed by atoms with Gasteiger partial charge in [-0.2, -0.15) is 0 Å². The number of nitrogens with zero attached hydrogens (tertiary/aromatic N) is 1. The van der Waals surface area contributed by atoms with Crippen LogP contribution in [0.2, 0.25) is 0 Å². The molecule has 3 amide bonds. The average Bonchev–Trinajstić information content (AvgIpc) is 2.36. The smallest absolute Gasteiger partial charge is 0.337 e. The van der Waals surface area contributed by atoms with E-state index in [-0.39, 0.29) is 11.3 Å². The molecular formula is C10H11N3O5. The summed E-state index contributed by atoms with van der Waals surface area (Å²) in [5.41, 5.74) is -0.0563. The number of urea groups is 1. The van der Waals surface area contributed by atoms with Crippen molar-refractivity contribution in [1.29, 1.82) is 0 Å². The summed E-state index contributed by atoms with van der Waals surface area (Å²) in [5.74, 6) is -1.68. The van der Waals surface area contributed by atoms with Crippen LogP contribution >= 0.6 is 0 Å². The molecule has 1 aromatic rings. The van der Waals surface area contributed by atoms with E-state index >= 15 is 0 Å². The maximum Gasteiger partial charge on any atom is 0.337 e. The molecule has 18 heavy (non-hydrogen) atoms. The molecule has 0 radical (unpaired) electrons. The van der Waals surface area contributed by atoms with E-state index in [1.165, 1.54) is 19.3 Å². The first-order chi connectivity index (χ1) is 8.52. The largest absolute Gasteiger partial charge is 0.482 e. The Hall–Kier alpha value is -2.64. The maximum atomic E-state index is 11.2. The summed E-state index contributed by atoms with van der Waals surface area (Å²) in [5, 5.41) is 12.9. The third kappa shape index (κ3) is 4.08. The highest BCUT2D eigenvalue weighted by Crippen LogP contribution is 2.10. The van der Waals surface area contributed by atoms with Gasteiger partial charge < -0.3 is 15.2 Å². The van der Waals surface area contributed by atoms with Crippen molar-refractivity contribution in [3.63, 3.8) is 0 Å². The van der Waals surface area contributed by atoms with Crippen LogP contribution in [0.4, 0.5) is 4.79 Å². The first-order valence-corrected chi connectivity index (χ1v) is 4.85. The number of carbonyl (C=O) groups is 3. The summed E-state index contributed by atoms with van der Waals surface area (Å²) in [6.07, 6.45) is 2.42. The molecule has 0 spiro atoms. The van der Waals surface area contributed by atoms with Gasteiger partial charge in [0.05, 0.1) is 11.8 Å². The van der Waals surface area contributed by atoms with Crippen LogP contribution in [0.1, 0.15) is 10.4 Å². The highest BCUT2D eigenvalue weighted by atomic mass is 16.5. The number of nitrogens with one attached hydrogen (secondary N) is 2. The van der Waals surface area contributed by atoms with E-state index in [0.29, 0.717) is 0 Å². The van der Waals surface area contributed by atoms with E-state index in [1.807, 2.05) is 5.32 Å². The van der Waals surface area contributed by atoms with Crippen LogP contribution < -0.4 is 15.4 Å². The van der Waals surface area contributed by atoms with Crippen molar-refractivity contribution >= 4 is 17.9 Å². The second kappa shape index (κ2) is 6.18. The van der Waals surface area contributed by atoms with Gasteiger partial charge in [-0.05, 0) is 6.07 Å². The lowest BCUT2D eigenvalue weighted by atomic mass is 10.3. The third-order valence-electron chi connectivity index (χ3n) is 1.81. The topological polar surface area (TPSA) is 118 Å². The fourth-order valence-corrected chi connectivity index (χ4v) is 0.989. The van der Waals surface area contributed by atoms with Gasteiger partial charge in [0, 0.05) is 13.2 Å². The van der Waals surface area contributed by atoms with E-state index in [2.05, 4.69) is 10.3 Å². The number of carboxylic acids is 1. The standard InChI is InChI=1S/C10H11N3O5/c1-11-10(17)13-8(14)5-18-7-2-6(9(15)16)3-12-4-7/h2-4H,5H2,1H3,(H,15,16)(H2,11,13,14,17). The lowest BCUT2D eigenvalue weighted by Crippen LogP contribution is -2.39. The highest BCUT2D eigenvalue weighted by Gasteiger charge is 2.08. The van der Waals surface area contributed by atoms with Crippen molar-refractivity contribution in [2.75, 3.05) is 13.7 Å². The fraction of sp³-hybridized carbons (Fsp3) is 0.200. The zero-order valence-electron chi connectivity index (χ0n) is 9.47. The molecule has 0 aliphatic rings. The van der Waals surface area contributed by atoms with Crippen LogP contribution in [0, 0.1) is 0 Å². The number of imide groups is 1. The quantitative estimate of drug-likeness (QED) is 0.672. The molecular weight excluding hydrogens is 242 g/mol. The molecule has 0 bridgehead atoms. The molecule has 0 aliphatic carbocycles. The second-order valence-corrected chi connectivity index (χ2v) is 3.13. The van der Waals surface area contributed by atoms with E-state index < -0.39 is 24.5 Å².